The van der Waals surface area contributed by atoms with E-state index in [0.29, 0.717) is 19.3 Å². The standard InChI is InChI=1S/C29H54O4/c1-4-6-8-10-12-14-16-18-22-28(26(30)31)23-20-21-25(3)29(28,27(32)33)24-19-17-15-13-11-9-7-5-2/h25H,4-24H2,1-3H3,(H,30,31)(H,32,33). The Balaban J connectivity index is 2.76. The van der Waals surface area contributed by atoms with E-state index in [2.05, 4.69) is 13.8 Å². The summed E-state index contributed by atoms with van der Waals surface area (Å²) < 4.78 is 0. The number of rotatable bonds is 20. The lowest BCUT2D eigenvalue weighted by atomic mass is 9.48. The maximum atomic E-state index is 12.8. The predicted octanol–water partition coefficient (Wildman–Crippen LogP) is 9.01. The maximum absolute atomic E-state index is 12.8. The quantitative estimate of drug-likeness (QED) is 0.175. The van der Waals surface area contributed by atoms with Crippen molar-refractivity contribution in [1.82, 2.24) is 0 Å². The van der Waals surface area contributed by atoms with Crippen molar-refractivity contribution in [2.75, 3.05) is 0 Å². The number of carboxylic acid groups (broad SMARTS) is 2. The highest BCUT2D eigenvalue weighted by atomic mass is 16.4. The van der Waals surface area contributed by atoms with E-state index in [9.17, 15) is 19.8 Å². The largest absolute Gasteiger partial charge is 0.481 e. The van der Waals surface area contributed by atoms with Gasteiger partial charge in [0.15, 0.2) is 0 Å². The number of unbranched alkanes of at least 4 members (excludes halogenated alkanes) is 14. The smallest absolute Gasteiger partial charge is 0.311 e. The van der Waals surface area contributed by atoms with Gasteiger partial charge < -0.3 is 10.2 Å². The lowest BCUT2D eigenvalue weighted by Crippen LogP contribution is -2.58. The number of aliphatic carboxylic acids is 2. The summed E-state index contributed by atoms with van der Waals surface area (Å²) in [5, 5.41) is 21.0. The molecule has 1 rings (SSSR count). The third-order valence-corrected chi connectivity index (χ3v) is 8.61. The van der Waals surface area contributed by atoms with Crippen molar-refractivity contribution in [2.45, 2.75) is 156 Å². The summed E-state index contributed by atoms with van der Waals surface area (Å²) in [6.45, 7) is 6.45. The average molecular weight is 467 g/mol. The summed E-state index contributed by atoms with van der Waals surface area (Å²) in [5.41, 5.74) is -2.24. The van der Waals surface area contributed by atoms with Crippen LogP contribution in [0.5, 0.6) is 0 Å². The molecule has 4 nitrogen and oxygen atoms in total. The fourth-order valence-electron chi connectivity index (χ4n) is 6.51. The lowest BCUT2D eigenvalue weighted by molar-refractivity contribution is -0.189. The summed E-state index contributed by atoms with van der Waals surface area (Å²) >= 11 is 0. The Morgan fingerprint density at radius 2 is 1.09 bits per heavy atom. The molecule has 33 heavy (non-hydrogen) atoms. The Kier molecular flexibility index (Phi) is 15.0. The number of carbonyl (C=O) groups is 2. The minimum atomic E-state index is -1.12. The first-order chi connectivity index (χ1) is 15.9. The molecule has 0 aromatic rings. The predicted molar refractivity (Wildman–Crippen MR) is 138 cm³/mol. The lowest BCUT2D eigenvalue weighted by Gasteiger charge is -2.52. The molecule has 3 unspecified atom stereocenters. The first kappa shape index (κ1) is 30.0. The van der Waals surface area contributed by atoms with Crippen molar-refractivity contribution in [1.29, 1.82) is 0 Å². The van der Waals surface area contributed by atoms with Crippen LogP contribution in [0, 0.1) is 16.7 Å². The van der Waals surface area contributed by atoms with Crippen LogP contribution in [0.2, 0.25) is 0 Å². The van der Waals surface area contributed by atoms with E-state index in [1.54, 1.807) is 0 Å². The average Bonchev–Trinajstić information content (AvgIpc) is 2.78. The van der Waals surface area contributed by atoms with Crippen LogP contribution in [0.3, 0.4) is 0 Å². The molecule has 0 aliphatic heterocycles. The fourth-order valence-corrected chi connectivity index (χ4v) is 6.51. The zero-order valence-corrected chi connectivity index (χ0v) is 22.1. The molecule has 1 saturated carbocycles. The molecule has 0 saturated heterocycles. The van der Waals surface area contributed by atoms with Crippen LogP contribution < -0.4 is 0 Å². The molecule has 0 aromatic carbocycles. The third kappa shape index (κ3) is 8.58. The highest BCUT2D eigenvalue weighted by molar-refractivity contribution is 5.87. The molecule has 1 fully saturated rings. The van der Waals surface area contributed by atoms with Gasteiger partial charge in [0.2, 0.25) is 0 Å². The first-order valence-electron chi connectivity index (χ1n) is 14.4. The van der Waals surface area contributed by atoms with Crippen LogP contribution in [-0.2, 0) is 9.59 Å². The Hall–Kier alpha value is -1.06. The maximum Gasteiger partial charge on any atom is 0.311 e. The van der Waals surface area contributed by atoms with Crippen LogP contribution in [0.15, 0.2) is 0 Å². The van der Waals surface area contributed by atoms with E-state index in [1.807, 2.05) is 6.92 Å². The van der Waals surface area contributed by atoms with Gasteiger partial charge in [0.05, 0.1) is 10.8 Å². The van der Waals surface area contributed by atoms with Crippen LogP contribution in [0.25, 0.3) is 0 Å². The summed E-state index contributed by atoms with van der Waals surface area (Å²) in [7, 11) is 0. The van der Waals surface area contributed by atoms with Crippen molar-refractivity contribution in [3.8, 4) is 0 Å². The van der Waals surface area contributed by atoms with Gasteiger partial charge in [0.25, 0.3) is 0 Å². The first-order valence-corrected chi connectivity index (χ1v) is 14.4. The van der Waals surface area contributed by atoms with E-state index >= 15 is 0 Å². The van der Waals surface area contributed by atoms with Gasteiger partial charge in [-0.2, -0.15) is 0 Å². The van der Waals surface area contributed by atoms with Gasteiger partial charge in [0, 0.05) is 0 Å². The van der Waals surface area contributed by atoms with E-state index < -0.39 is 22.8 Å². The van der Waals surface area contributed by atoms with Crippen molar-refractivity contribution < 1.29 is 19.8 Å². The molecule has 194 valence electrons. The Labute approximate surface area is 204 Å². The normalized spacial score (nSPS) is 25.2. The van der Waals surface area contributed by atoms with Crippen LogP contribution >= 0.6 is 0 Å². The minimum Gasteiger partial charge on any atom is -0.481 e. The highest BCUT2D eigenvalue weighted by Gasteiger charge is 2.64. The van der Waals surface area contributed by atoms with Crippen molar-refractivity contribution in [2.24, 2.45) is 16.7 Å². The van der Waals surface area contributed by atoms with Gasteiger partial charge in [-0.05, 0) is 31.6 Å². The monoisotopic (exact) mass is 466 g/mol. The molecule has 1 aliphatic rings. The molecule has 0 radical (unpaired) electrons. The van der Waals surface area contributed by atoms with Gasteiger partial charge in [-0.15, -0.1) is 0 Å². The summed E-state index contributed by atoms with van der Waals surface area (Å²) in [5.74, 6) is -1.81. The Bertz CT molecular complexity index is 546. The van der Waals surface area contributed by atoms with E-state index in [0.717, 1.165) is 51.4 Å². The fraction of sp³-hybridized carbons (Fsp3) is 0.931. The topological polar surface area (TPSA) is 74.6 Å². The molecule has 0 amide bonds. The SMILES string of the molecule is CCCCCCCCCCC1(C(=O)O)CCCC(C)C1(CCCCCCCCCC)C(=O)O. The van der Waals surface area contributed by atoms with Crippen molar-refractivity contribution in [3.63, 3.8) is 0 Å². The minimum absolute atomic E-state index is 0.0848. The second-order valence-electron chi connectivity index (χ2n) is 10.9. The van der Waals surface area contributed by atoms with E-state index in [-0.39, 0.29) is 5.92 Å². The summed E-state index contributed by atoms with van der Waals surface area (Å²) in [4.78, 5) is 25.6. The molecule has 1 aliphatic carbocycles. The number of carboxylic acids is 2. The van der Waals surface area contributed by atoms with Crippen LogP contribution in [-0.4, -0.2) is 22.2 Å². The zero-order valence-electron chi connectivity index (χ0n) is 22.1. The molecule has 0 spiro atoms. The van der Waals surface area contributed by atoms with E-state index in [4.69, 9.17) is 0 Å². The molecular formula is C29H54O4. The molecular weight excluding hydrogens is 412 g/mol. The second-order valence-corrected chi connectivity index (χ2v) is 10.9. The van der Waals surface area contributed by atoms with E-state index in [1.165, 1.54) is 64.2 Å². The molecule has 0 aromatic heterocycles. The molecule has 0 heterocycles. The molecule has 0 bridgehead atoms. The Morgan fingerprint density at radius 1 is 0.667 bits per heavy atom. The van der Waals surface area contributed by atoms with Gasteiger partial charge in [-0.1, -0.05) is 130 Å². The zero-order chi connectivity index (χ0) is 24.6. The third-order valence-electron chi connectivity index (χ3n) is 8.61. The molecule has 2 N–H and O–H groups in total. The Morgan fingerprint density at radius 3 is 1.52 bits per heavy atom. The summed E-state index contributed by atoms with van der Waals surface area (Å²) in [6.07, 6.45) is 21.7. The van der Waals surface area contributed by atoms with Gasteiger partial charge in [-0.25, -0.2) is 0 Å². The second kappa shape index (κ2) is 16.5. The van der Waals surface area contributed by atoms with Crippen LogP contribution in [0.1, 0.15) is 156 Å². The van der Waals surface area contributed by atoms with Crippen molar-refractivity contribution in [3.05, 3.63) is 0 Å². The number of hydrogen-bond donors (Lipinski definition) is 2. The van der Waals surface area contributed by atoms with Gasteiger partial charge in [-0.3, -0.25) is 9.59 Å². The number of hydrogen-bond acceptors (Lipinski definition) is 2. The molecule has 3 atom stereocenters. The van der Waals surface area contributed by atoms with Crippen LogP contribution in [0.4, 0.5) is 0 Å². The highest BCUT2D eigenvalue weighted by Crippen LogP contribution is 2.59. The molecule has 4 heteroatoms. The summed E-state index contributed by atoms with van der Waals surface area (Å²) in [6, 6.07) is 0. The van der Waals surface area contributed by atoms with Gasteiger partial charge >= 0.3 is 11.9 Å². The van der Waals surface area contributed by atoms with Gasteiger partial charge in [0.1, 0.15) is 0 Å². The van der Waals surface area contributed by atoms with Crippen molar-refractivity contribution >= 4 is 11.9 Å².